The van der Waals surface area contributed by atoms with Gasteiger partial charge in [-0.2, -0.15) is 0 Å². The highest BCUT2D eigenvalue weighted by Crippen LogP contribution is 2.31. The number of benzene rings is 1. The summed E-state index contributed by atoms with van der Waals surface area (Å²) >= 11 is 0. The molecule has 0 radical (unpaired) electrons. The van der Waals surface area contributed by atoms with Crippen LogP contribution in [-0.2, 0) is 11.3 Å². The van der Waals surface area contributed by atoms with Crippen molar-refractivity contribution in [2.24, 2.45) is 5.41 Å². The lowest BCUT2D eigenvalue weighted by Crippen LogP contribution is -2.41. The summed E-state index contributed by atoms with van der Waals surface area (Å²) in [5.74, 6) is 0.188. The second-order valence-electron chi connectivity index (χ2n) is 6.77. The second kappa shape index (κ2) is 6.67. The predicted molar refractivity (Wildman–Crippen MR) is 93.0 cm³/mol. The summed E-state index contributed by atoms with van der Waals surface area (Å²) in [7, 11) is 0. The molecule has 1 aliphatic heterocycles. The zero-order valence-electron chi connectivity index (χ0n) is 14.0. The van der Waals surface area contributed by atoms with E-state index in [0.29, 0.717) is 0 Å². The van der Waals surface area contributed by atoms with Crippen molar-refractivity contribution in [2.45, 2.75) is 33.2 Å². The summed E-state index contributed by atoms with van der Waals surface area (Å²) in [5.41, 5.74) is 1.83. The molecule has 1 atom stereocenters. The highest BCUT2D eigenvalue weighted by Gasteiger charge is 2.39. The van der Waals surface area contributed by atoms with Gasteiger partial charge in [0.25, 0.3) is 0 Å². The van der Waals surface area contributed by atoms with Crippen LogP contribution in [0, 0.1) is 5.41 Å². The van der Waals surface area contributed by atoms with E-state index < -0.39 is 0 Å². The Labute approximate surface area is 137 Å². The molecule has 2 heterocycles. The SMILES string of the molecule is CCCNC(=O)C1(C)CCN(Cc2ccc3ccccc3n2)C1. The third kappa shape index (κ3) is 3.53. The Morgan fingerprint density at radius 1 is 1.30 bits per heavy atom. The fraction of sp³-hybridized carbons (Fsp3) is 0.474. The number of hydrogen-bond acceptors (Lipinski definition) is 3. The number of para-hydroxylation sites is 1. The minimum absolute atomic E-state index is 0.188. The quantitative estimate of drug-likeness (QED) is 0.923. The lowest BCUT2D eigenvalue weighted by molar-refractivity contribution is -0.129. The van der Waals surface area contributed by atoms with Crippen LogP contribution in [0.25, 0.3) is 10.9 Å². The monoisotopic (exact) mass is 311 g/mol. The summed E-state index contributed by atoms with van der Waals surface area (Å²) in [6.45, 7) is 7.48. The molecular formula is C19H25N3O. The zero-order chi connectivity index (χ0) is 16.3. The highest BCUT2D eigenvalue weighted by molar-refractivity contribution is 5.82. The number of carbonyl (C=O) groups excluding carboxylic acids is 1. The van der Waals surface area contributed by atoms with Gasteiger partial charge in [0.1, 0.15) is 0 Å². The van der Waals surface area contributed by atoms with Gasteiger partial charge >= 0.3 is 0 Å². The van der Waals surface area contributed by atoms with E-state index in [1.807, 2.05) is 18.2 Å². The molecule has 23 heavy (non-hydrogen) atoms. The average Bonchev–Trinajstić information content (AvgIpc) is 2.94. The Morgan fingerprint density at radius 3 is 2.96 bits per heavy atom. The second-order valence-corrected chi connectivity index (χ2v) is 6.77. The highest BCUT2D eigenvalue weighted by atomic mass is 16.2. The molecule has 2 aromatic rings. The molecule has 4 nitrogen and oxygen atoms in total. The van der Waals surface area contributed by atoms with Gasteiger partial charge in [0.15, 0.2) is 0 Å². The van der Waals surface area contributed by atoms with Crippen molar-refractivity contribution < 1.29 is 4.79 Å². The van der Waals surface area contributed by atoms with E-state index in [9.17, 15) is 4.79 Å². The summed E-state index contributed by atoms with van der Waals surface area (Å²) in [6.07, 6.45) is 1.89. The largest absolute Gasteiger partial charge is 0.356 e. The van der Waals surface area contributed by atoms with Crippen molar-refractivity contribution in [2.75, 3.05) is 19.6 Å². The van der Waals surface area contributed by atoms with Crippen molar-refractivity contribution in [3.05, 3.63) is 42.1 Å². The minimum Gasteiger partial charge on any atom is -0.356 e. The Hall–Kier alpha value is -1.94. The minimum atomic E-state index is -0.272. The van der Waals surface area contributed by atoms with Gasteiger partial charge in [0.2, 0.25) is 5.91 Å². The van der Waals surface area contributed by atoms with E-state index in [4.69, 9.17) is 4.98 Å². The summed E-state index contributed by atoms with van der Waals surface area (Å²) in [5, 5.41) is 4.21. The van der Waals surface area contributed by atoms with Crippen LogP contribution in [0.4, 0.5) is 0 Å². The molecule has 1 aliphatic rings. The lowest BCUT2D eigenvalue weighted by atomic mass is 9.89. The van der Waals surface area contributed by atoms with Gasteiger partial charge in [0.05, 0.1) is 16.6 Å². The number of rotatable bonds is 5. The molecule has 0 spiro atoms. The molecule has 1 aromatic heterocycles. The van der Waals surface area contributed by atoms with Gasteiger partial charge < -0.3 is 5.32 Å². The number of carbonyl (C=O) groups is 1. The smallest absolute Gasteiger partial charge is 0.227 e. The van der Waals surface area contributed by atoms with Gasteiger partial charge in [-0.15, -0.1) is 0 Å². The maximum Gasteiger partial charge on any atom is 0.227 e. The molecule has 0 bridgehead atoms. The van der Waals surface area contributed by atoms with E-state index in [0.717, 1.165) is 50.2 Å². The number of amides is 1. The molecule has 1 aromatic carbocycles. The summed E-state index contributed by atoms with van der Waals surface area (Å²) < 4.78 is 0. The Bertz CT molecular complexity index is 700. The zero-order valence-corrected chi connectivity index (χ0v) is 14.0. The molecule has 1 saturated heterocycles. The molecule has 122 valence electrons. The van der Waals surface area contributed by atoms with Crippen LogP contribution in [0.3, 0.4) is 0 Å². The van der Waals surface area contributed by atoms with Crippen molar-refractivity contribution in [3.63, 3.8) is 0 Å². The average molecular weight is 311 g/mol. The fourth-order valence-corrected chi connectivity index (χ4v) is 3.25. The van der Waals surface area contributed by atoms with E-state index in [1.54, 1.807) is 0 Å². The number of nitrogens with zero attached hydrogens (tertiary/aromatic N) is 2. The standard InChI is InChI=1S/C19H25N3O/c1-3-11-20-18(23)19(2)10-12-22(14-19)13-16-9-8-15-6-4-5-7-17(15)21-16/h4-9H,3,10-14H2,1-2H3,(H,20,23). The maximum absolute atomic E-state index is 12.3. The first kappa shape index (κ1) is 15.9. The molecule has 1 fully saturated rings. The van der Waals surface area contributed by atoms with Gasteiger partial charge in [0, 0.05) is 25.0 Å². The van der Waals surface area contributed by atoms with Crippen molar-refractivity contribution in [3.8, 4) is 0 Å². The maximum atomic E-state index is 12.3. The van der Waals surface area contributed by atoms with Crippen molar-refractivity contribution >= 4 is 16.8 Å². The van der Waals surface area contributed by atoms with E-state index in [2.05, 4.69) is 42.3 Å². The number of nitrogens with one attached hydrogen (secondary N) is 1. The summed E-state index contributed by atoms with van der Waals surface area (Å²) in [6, 6.07) is 12.4. The first-order valence-corrected chi connectivity index (χ1v) is 8.46. The molecule has 1 N–H and O–H groups in total. The van der Waals surface area contributed by atoms with Gasteiger partial charge in [-0.1, -0.05) is 31.2 Å². The van der Waals surface area contributed by atoms with Crippen LogP contribution < -0.4 is 5.32 Å². The molecular weight excluding hydrogens is 286 g/mol. The van der Waals surface area contributed by atoms with Gasteiger partial charge in [-0.25, -0.2) is 0 Å². The number of likely N-dealkylation sites (tertiary alicyclic amines) is 1. The van der Waals surface area contributed by atoms with Crippen molar-refractivity contribution in [1.29, 1.82) is 0 Å². The van der Waals surface area contributed by atoms with Crippen LogP contribution in [0.2, 0.25) is 0 Å². The van der Waals surface area contributed by atoms with Gasteiger partial charge in [-0.3, -0.25) is 14.7 Å². The third-order valence-electron chi connectivity index (χ3n) is 4.68. The van der Waals surface area contributed by atoms with E-state index >= 15 is 0 Å². The van der Waals surface area contributed by atoms with Crippen LogP contribution >= 0.6 is 0 Å². The van der Waals surface area contributed by atoms with Crippen LogP contribution in [0.15, 0.2) is 36.4 Å². The van der Waals surface area contributed by atoms with E-state index in [1.165, 1.54) is 5.39 Å². The number of fused-ring (bicyclic) bond motifs is 1. The van der Waals surface area contributed by atoms with Gasteiger partial charge in [-0.05, 0) is 38.4 Å². The third-order valence-corrected chi connectivity index (χ3v) is 4.68. The van der Waals surface area contributed by atoms with Crippen LogP contribution in [0.1, 0.15) is 32.4 Å². The van der Waals surface area contributed by atoms with Crippen LogP contribution in [0.5, 0.6) is 0 Å². The predicted octanol–water partition coefficient (Wildman–Crippen LogP) is 2.97. The topological polar surface area (TPSA) is 45.2 Å². The Kier molecular flexibility index (Phi) is 4.62. The molecule has 0 aliphatic carbocycles. The first-order valence-electron chi connectivity index (χ1n) is 8.46. The van der Waals surface area contributed by atoms with Crippen LogP contribution in [-0.4, -0.2) is 35.4 Å². The summed E-state index contributed by atoms with van der Waals surface area (Å²) in [4.78, 5) is 19.4. The number of hydrogen-bond donors (Lipinski definition) is 1. The molecule has 3 rings (SSSR count). The lowest BCUT2D eigenvalue weighted by Gasteiger charge is -2.23. The van der Waals surface area contributed by atoms with Crippen molar-refractivity contribution in [1.82, 2.24) is 15.2 Å². The normalized spacial score (nSPS) is 21.7. The Morgan fingerprint density at radius 2 is 2.13 bits per heavy atom. The van der Waals surface area contributed by atoms with E-state index in [-0.39, 0.29) is 11.3 Å². The Balaban J connectivity index is 1.65. The molecule has 4 heteroatoms. The molecule has 1 unspecified atom stereocenters. The first-order chi connectivity index (χ1) is 11.1. The fourth-order valence-electron chi connectivity index (χ4n) is 3.25. The molecule has 0 saturated carbocycles. The number of aromatic nitrogens is 1. The molecule has 1 amide bonds. The number of pyridine rings is 1.